The van der Waals surface area contributed by atoms with Crippen LogP contribution in [0.4, 0.5) is 4.79 Å². The summed E-state index contributed by atoms with van der Waals surface area (Å²) >= 11 is 0. The maximum atomic E-state index is 12.1. The van der Waals surface area contributed by atoms with Gasteiger partial charge in [-0.2, -0.15) is 0 Å². The lowest BCUT2D eigenvalue weighted by Crippen LogP contribution is -2.57. The van der Waals surface area contributed by atoms with Crippen molar-refractivity contribution in [2.45, 2.75) is 25.6 Å². The van der Waals surface area contributed by atoms with E-state index >= 15 is 0 Å². The second-order valence-electron chi connectivity index (χ2n) is 4.92. The molecule has 1 aromatic rings. The van der Waals surface area contributed by atoms with E-state index in [2.05, 4.69) is 0 Å². The molecule has 0 spiro atoms. The van der Waals surface area contributed by atoms with Crippen molar-refractivity contribution in [3.05, 3.63) is 35.9 Å². The van der Waals surface area contributed by atoms with E-state index in [1.807, 2.05) is 30.3 Å². The van der Waals surface area contributed by atoms with Crippen LogP contribution < -0.4 is 0 Å². The summed E-state index contributed by atoms with van der Waals surface area (Å²) < 4.78 is 16.8. The van der Waals surface area contributed by atoms with Crippen molar-refractivity contribution in [3.8, 4) is 0 Å². The molecule has 1 aliphatic heterocycles. The zero-order chi connectivity index (χ0) is 15.4. The van der Waals surface area contributed by atoms with Gasteiger partial charge in [-0.25, -0.2) is 9.59 Å². The summed E-state index contributed by atoms with van der Waals surface area (Å²) in [5.74, 6) is -0.948. The molecular weight excluding hydrogens is 294 g/mol. The molecule has 1 N–H and O–H groups in total. The molecular formula is C14H17NO5S. The number of aliphatic carboxylic acids is 1. The van der Waals surface area contributed by atoms with E-state index in [-0.39, 0.29) is 18.1 Å². The molecule has 0 radical (unpaired) electrons. The number of ether oxygens (including phenoxy) is 1. The highest BCUT2D eigenvalue weighted by Crippen LogP contribution is 2.18. The first kappa shape index (κ1) is 15.5. The third-order valence-electron chi connectivity index (χ3n) is 3.28. The Morgan fingerprint density at radius 3 is 2.62 bits per heavy atom. The first-order valence-corrected chi connectivity index (χ1v) is 8.04. The van der Waals surface area contributed by atoms with E-state index in [9.17, 15) is 18.9 Å². The molecule has 0 saturated carbocycles. The predicted molar refractivity (Wildman–Crippen MR) is 77.2 cm³/mol. The van der Waals surface area contributed by atoms with Crippen molar-refractivity contribution >= 4 is 22.9 Å². The third kappa shape index (κ3) is 3.81. The van der Waals surface area contributed by atoms with Crippen LogP contribution >= 0.6 is 0 Å². The van der Waals surface area contributed by atoms with Crippen molar-refractivity contribution in [1.82, 2.24) is 4.90 Å². The van der Waals surface area contributed by atoms with Gasteiger partial charge in [-0.3, -0.25) is 9.11 Å². The van der Waals surface area contributed by atoms with Gasteiger partial charge in [0.1, 0.15) is 12.6 Å². The molecule has 114 valence electrons. The van der Waals surface area contributed by atoms with Gasteiger partial charge in [0.2, 0.25) is 0 Å². The Hall–Kier alpha value is -1.89. The van der Waals surface area contributed by atoms with Crippen LogP contribution in [0.1, 0.15) is 12.5 Å². The molecule has 6 nitrogen and oxygen atoms in total. The number of carboxylic acids is 1. The van der Waals surface area contributed by atoms with Crippen molar-refractivity contribution in [2.24, 2.45) is 0 Å². The van der Waals surface area contributed by atoms with Crippen LogP contribution in [0.5, 0.6) is 0 Å². The second-order valence-corrected chi connectivity index (χ2v) is 6.47. The minimum Gasteiger partial charge on any atom is -0.480 e. The molecule has 0 aromatic heterocycles. The lowest BCUT2D eigenvalue weighted by atomic mass is 10.2. The molecule has 3 atom stereocenters. The Balaban J connectivity index is 2.05. The minimum absolute atomic E-state index is 0.0554. The van der Waals surface area contributed by atoms with E-state index in [1.165, 1.54) is 4.90 Å². The minimum atomic E-state index is -1.23. The summed E-state index contributed by atoms with van der Waals surface area (Å²) in [4.78, 5) is 24.6. The van der Waals surface area contributed by atoms with Crippen LogP contribution in [-0.4, -0.2) is 49.9 Å². The topological polar surface area (TPSA) is 83.9 Å². The number of amides is 1. The van der Waals surface area contributed by atoms with Crippen LogP contribution in [0, 0.1) is 0 Å². The lowest BCUT2D eigenvalue weighted by molar-refractivity contribution is -0.142. The number of hydrogen-bond acceptors (Lipinski definition) is 4. The number of benzene rings is 1. The van der Waals surface area contributed by atoms with Gasteiger partial charge >= 0.3 is 12.1 Å². The van der Waals surface area contributed by atoms with Crippen molar-refractivity contribution < 1.29 is 23.6 Å². The molecule has 1 amide bonds. The smallest absolute Gasteiger partial charge is 0.411 e. The Morgan fingerprint density at radius 2 is 2.00 bits per heavy atom. The van der Waals surface area contributed by atoms with Gasteiger partial charge in [0.15, 0.2) is 0 Å². The molecule has 1 saturated heterocycles. The van der Waals surface area contributed by atoms with Gasteiger partial charge in [-0.1, -0.05) is 30.3 Å². The monoisotopic (exact) mass is 311 g/mol. The largest absolute Gasteiger partial charge is 0.480 e. The first-order chi connectivity index (χ1) is 9.99. The van der Waals surface area contributed by atoms with E-state index in [0.717, 1.165) is 5.56 Å². The van der Waals surface area contributed by atoms with Crippen molar-refractivity contribution in [3.63, 3.8) is 0 Å². The van der Waals surface area contributed by atoms with E-state index in [1.54, 1.807) is 6.92 Å². The van der Waals surface area contributed by atoms with Crippen LogP contribution in [0.2, 0.25) is 0 Å². The van der Waals surface area contributed by atoms with Gasteiger partial charge < -0.3 is 9.84 Å². The average Bonchev–Trinajstić information content (AvgIpc) is 2.45. The standard InChI is InChI=1S/C14H17NO5S/c1-10-8-21(19)9-12(13(16)17)15(10)14(18)20-7-11-5-3-2-4-6-11/h2-6,10,12H,7-9H2,1H3,(H,16,17). The van der Waals surface area contributed by atoms with Gasteiger partial charge in [-0.05, 0) is 12.5 Å². The van der Waals surface area contributed by atoms with Gasteiger partial charge in [0.05, 0.1) is 5.75 Å². The molecule has 21 heavy (non-hydrogen) atoms. The number of rotatable bonds is 3. The highest BCUT2D eigenvalue weighted by molar-refractivity contribution is 7.85. The maximum absolute atomic E-state index is 12.1. The Labute approximate surface area is 125 Å². The molecule has 3 unspecified atom stereocenters. The van der Waals surface area contributed by atoms with Crippen LogP contribution in [0.15, 0.2) is 30.3 Å². The first-order valence-electron chi connectivity index (χ1n) is 6.56. The van der Waals surface area contributed by atoms with E-state index in [0.29, 0.717) is 0 Å². The molecule has 1 heterocycles. The highest BCUT2D eigenvalue weighted by Gasteiger charge is 2.40. The van der Waals surface area contributed by atoms with Gasteiger partial charge in [0.25, 0.3) is 0 Å². The SMILES string of the molecule is CC1CS(=O)CC(C(=O)O)N1C(=O)OCc1ccccc1. The number of carbonyl (C=O) groups is 2. The summed E-state index contributed by atoms with van der Waals surface area (Å²) in [6.45, 7) is 1.76. The fourth-order valence-corrected chi connectivity index (χ4v) is 3.76. The van der Waals surface area contributed by atoms with Crippen molar-refractivity contribution in [1.29, 1.82) is 0 Å². The Morgan fingerprint density at radius 1 is 1.33 bits per heavy atom. The van der Waals surface area contributed by atoms with E-state index in [4.69, 9.17) is 4.74 Å². The quantitative estimate of drug-likeness (QED) is 0.907. The molecule has 1 fully saturated rings. The van der Waals surface area contributed by atoms with Crippen LogP contribution in [0.3, 0.4) is 0 Å². The normalized spacial score (nSPS) is 25.4. The average molecular weight is 311 g/mol. The molecule has 7 heteroatoms. The summed E-state index contributed by atoms with van der Waals surface area (Å²) in [5.41, 5.74) is 0.825. The number of nitrogens with zero attached hydrogens (tertiary/aromatic N) is 1. The Bertz CT molecular complexity index is 548. The lowest BCUT2D eigenvalue weighted by Gasteiger charge is -2.36. The van der Waals surface area contributed by atoms with Crippen LogP contribution in [0.25, 0.3) is 0 Å². The summed E-state index contributed by atoms with van der Waals surface area (Å²) in [5, 5.41) is 9.19. The third-order valence-corrected chi connectivity index (χ3v) is 4.82. The molecule has 0 bridgehead atoms. The molecule has 2 rings (SSSR count). The number of carboxylic acid groups (broad SMARTS) is 1. The summed E-state index contributed by atoms with van der Waals surface area (Å²) in [6.07, 6.45) is -0.685. The highest BCUT2D eigenvalue weighted by atomic mass is 32.2. The Kier molecular flexibility index (Phi) is 4.95. The molecule has 1 aliphatic rings. The van der Waals surface area contributed by atoms with E-state index < -0.39 is 34.9 Å². The number of hydrogen-bond donors (Lipinski definition) is 1. The number of carbonyl (C=O) groups excluding carboxylic acids is 1. The van der Waals surface area contributed by atoms with Crippen LogP contribution in [-0.2, 0) is 26.9 Å². The second kappa shape index (κ2) is 6.71. The summed E-state index contributed by atoms with van der Waals surface area (Å²) in [7, 11) is -1.23. The predicted octanol–water partition coefficient (Wildman–Crippen LogP) is 1.23. The van der Waals surface area contributed by atoms with Gasteiger partial charge in [-0.15, -0.1) is 0 Å². The van der Waals surface area contributed by atoms with Gasteiger partial charge in [0, 0.05) is 22.6 Å². The molecule has 1 aromatic carbocycles. The fourth-order valence-electron chi connectivity index (χ4n) is 2.27. The molecule has 0 aliphatic carbocycles. The maximum Gasteiger partial charge on any atom is 0.411 e. The summed E-state index contributed by atoms with van der Waals surface area (Å²) in [6, 6.07) is 7.62. The zero-order valence-corrected chi connectivity index (χ0v) is 12.4. The fraction of sp³-hybridized carbons (Fsp3) is 0.429. The zero-order valence-electron chi connectivity index (χ0n) is 11.6. The van der Waals surface area contributed by atoms with Crippen molar-refractivity contribution in [2.75, 3.05) is 11.5 Å².